The van der Waals surface area contributed by atoms with Crippen LogP contribution in [-0.4, -0.2) is 26.8 Å². The molecule has 5 heteroatoms. The van der Waals surface area contributed by atoms with Crippen LogP contribution < -0.4 is 4.74 Å². The van der Waals surface area contributed by atoms with Gasteiger partial charge in [-0.15, -0.1) is 0 Å². The number of nitrogens with zero attached hydrogens (tertiary/aromatic N) is 3. The number of aliphatic hydroxyl groups is 1. The van der Waals surface area contributed by atoms with Gasteiger partial charge in [-0.1, -0.05) is 6.92 Å². The zero-order valence-electron chi connectivity index (χ0n) is 11.3. The largest absolute Gasteiger partial charge is 0.481 e. The molecule has 0 fully saturated rings. The third kappa shape index (κ3) is 3.32. The van der Waals surface area contributed by atoms with E-state index < -0.39 is 6.10 Å². The molecule has 0 bridgehead atoms. The Labute approximate surface area is 112 Å². The minimum Gasteiger partial charge on any atom is -0.481 e. The van der Waals surface area contributed by atoms with Gasteiger partial charge >= 0.3 is 0 Å². The van der Waals surface area contributed by atoms with Crippen LogP contribution in [0.2, 0.25) is 0 Å². The maximum Gasteiger partial charge on any atom is 0.212 e. The molecule has 0 aliphatic carbocycles. The molecule has 0 radical (unpaired) electrons. The van der Waals surface area contributed by atoms with Crippen LogP contribution in [0.1, 0.15) is 30.8 Å². The van der Waals surface area contributed by atoms with E-state index in [0.29, 0.717) is 12.3 Å². The molecule has 2 heterocycles. The van der Waals surface area contributed by atoms with Gasteiger partial charge in [-0.25, -0.2) is 9.97 Å². The Kier molecular flexibility index (Phi) is 4.52. The highest BCUT2D eigenvalue weighted by molar-refractivity contribution is 5.20. The zero-order valence-corrected chi connectivity index (χ0v) is 11.3. The topological polar surface area (TPSA) is 60.2 Å². The zero-order chi connectivity index (χ0) is 13.7. The lowest BCUT2D eigenvalue weighted by Gasteiger charge is -2.12. The first-order valence-corrected chi connectivity index (χ1v) is 6.42. The SMILES string of the molecule is CCCn1ccnc1CC(O)c1ccc(OC)nc1. The van der Waals surface area contributed by atoms with Crippen LogP contribution in [0.15, 0.2) is 30.7 Å². The molecule has 0 saturated carbocycles. The minimum atomic E-state index is -0.601. The van der Waals surface area contributed by atoms with E-state index in [0.717, 1.165) is 24.4 Å². The average molecular weight is 261 g/mol. The Bertz CT molecular complexity index is 508. The van der Waals surface area contributed by atoms with Gasteiger partial charge in [0, 0.05) is 37.6 Å². The fraction of sp³-hybridized carbons (Fsp3) is 0.429. The van der Waals surface area contributed by atoms with Crippen molar-refractivity contribution in [2.45, 2.75) is 32.4 Å². The summed E-state index contributed by atoms with van der Waals surface area (Å²) in [5.41, 5.74) is 0.770. The third-order valence-electron chi connectivity index (χ3n) is 3.00. The van der Waals surface area contributed by atoms with Crippen LogP contribution in [0, 0.1) is 0 Å². The van der Waals surface area contributed by atoms with E-state index in [-0.39, 0.29) is 0 Å². The average Bonchev–Trinajstić information content (AvgIpc) is 2.86. The number of imidazole rings is 1. The quantitative estimate of drug-likeness (QED) is 0.863. The molecule has 0 aromatic carbocycles. The lowest BCUT2D eigenvalue weighted by atomic mass is 10.1. The van der Waals surface area contributed by atoms with E-state index in [1.807, 2.05) is 12.3 Å². The number of hydrogen-bond acceptors (Lipinski definition) is 4. The van der Waals surface area contributed by atoms with E-state index in [9.17, 15) is 5.11 Å². The fourth-order valence-corrected chi connectivity index (χ4v) is 1.97. The molecule has 5 nitrogen and oxygen atoms in total. The summed E-state index contributed by atoms with van der Waals surface area (Å²) in [5, 5.41) is 10.2. The van der Waals surface area contributed by atoms with Crippen molar-refractivity contribution in [1.82, 2.24) is 14.5 Å². The Morgan fingerprint density at radius 2 is 2.21 bits per heavy atom. The van der Waals surface area contributed by atoms with Crippen LogP contribution in [0.3, 0.4) is 0 Å². The van der Waals surface area contributed by atoms with Gasteiger partial charge in [0.1, 0.15) is 5.82 Å². The van der Waals surface area contributed by atoms with Crippen LogP contribution in [-0.2, 0) is 13.0 Å². The molecule has 0 amide bonds. The lowest BCUT2D eigenvalue weighted by molar-refractivity contribution is 0.174. The maximum atomic E-state index is 10.2. The normalized spacial score (nSPS) is 12.4. The summed E-state index contributed by atoms with van der Waals surface area (Å²) < 4.78 is 7.07. The smallest absolute Gasteiger partial charge is 0.212 e. The summed E-state index contributed by atoms with van der Waals surface area (Å²) in [4.78, 5) is 8.39. The first kappa shape index (κ1) is 13.5. The second kappa shape index (κ2) is 6.33. The number of aromatic nitrogens is 3. The Morgan fingerprint density at radius 3 is 2.84 bits per heavy atom. The van der Waals surface area contributed by atoms with Crippen LogP contribution >= 0.6 is 0 Å². The van der Waals surface area contributed by atoms with Crippen LogP contribution in [0.4, 0.5) is 0 Å². The van der Waals surface area contributed by atoms with E-state index in [2.05, 4.69) is 21.5 Å². The summed E-state index contributed by atoms with van der Waals surface area (Å²) in [6, 6.07) is 3.57. The van der Waals surface area contributed by atoms with E-state index in [1.165, 1.54) is 0 Å². The molecule has 1 unspecified atom stereocenters. The number of aryl methyl sites for hydroxylation is 1. The van der Waals surface area contributed by atoms with Crippen molar-refractivity contribution < 1.29 is 9.84 Å². The molecular formula is C14H19N3O2. The van der Waals surface area contributed by atoms with Crippen molar-refractivity contribution in [2.24, 2.45) is 0 Å². The molecule has 0 aliphatic rings. The molecule has 2 rings (SSSR count). The first-order valence-electron chi connectivity index (χ1n) is 6.42. The number of hydrogen-bond donors (Lipinski definition) is 1. The summed E-state index contributed by atoms with van der Waals surface area (Å²) >= 11 is 0. The van der Waals surface area contributed by atoms with Crippen LogP contribution in [0.25, 0.3) is 0 Å². The van der Waals surface area contributed by atoms with Crippen molar-refractivity contribution in [1.29, 1.82) is 0 Å². The first-order chi connectivity index (χ1) is 9.24. The van der Waals surface area contributed by atoms with E-state index in [4.69, 9.17) is 4.74 Å². The minimum absolute atomic E-state index is 0.487. The summed E-state index contributed by atoms with van der Waals surface area (Å²) in [6.45, 7) is 3.04. The van der Waals surface area contributed by atoms with Gasteiger partial charge in [0.05, 0.1) is 13.2 Å². The van der Waals surface area contributed by atoms with Gasteiger partial charge in [0.25, 0.3) is 0 Å². The number of rotatable bonds is 6. The summed E-state index contributed by atoms with van der Waals surface area (Å²) in [7, 11) is 1.57. The van der Waals surface area contributed by atoms with Gasteiger partial charge in [0.15, 0.2) is 0 Å². The molecule has 0 saturated heterocycles. The highest BCUT2D eigenvalue weighted by Gasteiger charge is 2.12. The maximum absolute atomic E-state index is 10.2. The molecular weight excluding hydrogens is 242 g/mol. The molecule has 1 N–H and O–H groups in total. The van der Waals surface area contributed by atoms with E-state index in [1.54, 1.807) is 25.6 Å². The van der Waals surface area contributed by atoms with Gasteiger partial charge in [-0.2, -0.15) is 0 Å². The monoisotopic (exact) mass is 261 g/mol. The third-order valence-corrected chi connectivity index (χ3v) is 3.00. The Balaban J connectivity index is 2.06. The van der Waals surface area contributed by atoms with Crippen molar-refractivity contribution >= 4 is 0 Å². The second-order valence-electron chi connectivity index (χ2n) is 4.39. The molecule has 102 valence electrons. The van der Waals surface area contributed by atoms with E-state index >= 15 is 0 Å². The molecule has 0 spiro atoms. The molecule has 0 aliphatic heterocycles. The van der Waals surface area contributed by atoms with Crippen LogP contribution in [0.5, 0.6) is 5.88 Å². The highest BCUT2D eigenvalue weighted by atomic mass is 16.5. The summed E-state index contributed by atoms with van der Waals surface area (Å²) in [6.07, 6.45) is 6.28. The number of aliphatic hydroxyl groups excluding tert-OH is 1. The van der Waals surface area contributed by atoms with Crippen molar-refractivity contribution in [3.8, 4) is 5.88 Å². The number of methoxy groups -OCH3 is 1. The lowest BCUT2D eigenvalue weighted by Crippen LogP contribution is -2.09. The fourth-order valence-electron chi connectivity index (χ4n) is 1.97. The second-order valence-corrected chi connectivity index (χ2v) is 4.39. The predicted molar refractivity (Wildman–Crippen MR) is 72.0 cm³/mol. The van der Waals surface area contributed by atoms with Crippen molar-refractivity contribution in [3.05, 3.63) is 42.1 Å². The van der Waals surface area contributed by atoms with Gasteiger partial charge in [-0.05, 0) is 18.1 Å². The van der Waals surface area contributed by atoms with Crippen molar-refractivity contribution in [3.63, 3.8) is 0 Å². The standard InChI is InChI=1S/C14H19N3O2/c1-3-7-17-8-6-15-13(17)9-12(18)11-4-5-14(19-2)16-10-11/h4-6,8,10,12,18H,3,7,9H2,1-2H3. The Morgan fingerprint density at radius 1 is 1.37 bits per heavy atom. The van der Waals surface area contributed by atoms with Gasteiger partial charge in [-0.3, -0.25) is 0 Å². The Hall–Kier alpha value is -1.88. The predicted octanol–water partition coefficient (Wildman–Crippen LogP) is 1.97. The summed E-state index contributed by atoms with van der Waals surface area (Å²) in [5.74, 6) is 1.44. The highest BCUT2D eigenvalue weighted by Crippen LogP contribution is 2.18. The molecule has 1 atom stereocenters. The molecule has 2 aromatic rings. The number of pyridine rings is 1. The molecule has 2 aromatic heterocycles. The van der Waals surface area contributed by atoms with Gasteiger partial charge in [0.2, 0.25) is 5.88 Å². The van der Waals surface area contributed by atoms with Crippen molar-refractivity contribution in [2.75, 3.05) is 7.11 Å². The van der Waals surface area contributed by atoms with Gasteiger partial charge < -0.3 is 14.4 Å². The molecule has 19 heavy (non-hydrogen) atoms. The number of ether oxygens (including phenoxy) is 1.